The van der Waals surface area contributed by atoms with Crippen LogP contribution in [0.5, 0.6) is 0 Å². The number of nitrogens with one attached hydrogen (secondary N) is 1. The van der Waals surface area contributed by atoms with Crippen LogP contribution in [-0.2, 0) is 4.79 Å². The van der Waals surface area contributed by atoms with Crippen molar-refractivity contribution in [3.8, 4) is 0 Å². The molecule has 0 radical (unpaired) electrons. The number of amides is 1. The Bertz CT molecular complexity index is 719. The summed E-state index contributed by atoms with van der Waals surface area (Å²) in [5, 5.41) is 17.1. The third-order valence-electron chi connectivity index (χ3n) is 2.91. The molecule has 0 saturated heterocycles. The number of non-ortho nitro benzene ring substituents is 1. The number of aliphatic imine (C=N–C) groups is 1. The first kappa shape index (κ1) is 12.5. The zero-order chi connectivity index (χ0) is 14.1. The first-order chi connectivity index (χ1) is 9.63. The molecule has 20 heavy (non-hydrogen) atoms. The fourth-order valence-corrected chi connectivity index (χ4v) is 2.64. The van der Waals surface area contributed by atoms with Crippen LogP contribution in [0.15, 0.2) is 40.0 Å². The number of carbonyl (C=O) groups is 1. The highest BCUT2D eigenvalue weighted by Gasteiger charge is 2.18. The number of nitro groups is 1. The van der Waals surface area contributed by atoms with Crippen LogP contribution < -0.4 is 5.32 Å². The molecule has 1 aromatic heterocycles. The van der Waals surface area contributed by atoms with Crippen molar-refractivity contribution in [3.63, 3.8) is 0 Å². The van der Waals surface area contributed by atoms with E-state index >= 15 is 0 Å². The molecule has 0 fully saturated rings. The summed E-state index contributed by atoms with van der Waals surface area (Å²) in [6.07, 6.45) is 0.150. The molecule has 0 bridgehead atoms. The van der Waals surface area contributed by atoms with Crippen molar-refractivity contribution < 1.29 is 9.72 Å². The average Bonchev–Trinajstić information content (AvgIpc) is 2.78. The SMILES string of the molecule is O=C1CC(c2ccc([N+](=O)[O-])cc2)=Nc2cscc2N1. The van der Waals surface area contributed by atoms with Crippen molar-refractivity contribution in [2.24, 2.45) is 4.99 Å². The summed E-state index contributed by atoms with van der Waals surface area (Å²) < 4.78 is 0. The van der Waals surface area contributed by atoms with E-state index in [4.69, 9.17) is 0 Å². The van der Waals surface area contributed by atoms with Crippen LogP contribution in [0.3, 0.4) is 0 Å². The van der Waals surface area contributed by atoms with Crippen molar-refractivity contribution in [2.45, 2.75) is 6.42 Å². The number of fused-ring (bicyclic) bond motifs is 1. The Morgan fingerprint density at radius 2 is 2.00 bits per heavy atom. The minimum absolute atomic E-state index is 0.0173. The van der Waals surface area contributed by atoms with Gasteiger partial charge in [0.15, 0.2) is 0 Å². The number of hydrogen-bond donors (Lipinski definition) is 1. The lowest BCUT2D eigenvalue weighted by Gasteiger charge is -2.03. The Morgan fingerprint density at radius 3 is 2.70 bits per heavy atom. The van der Waals surface area contributed by atoms with Crippen LogP contribution in [0.2, 0.25) is 0 Å². The second-order valence-corrected chi connectivity index (χ2v) is 5.00. The van der Waals surface area contributed by atoms with Crippen LogP contribution >= 0.6 is 11.3 Å². The summed E-state index contributed by atoms with van der Waals surface area (Å²) in [5.74, 6) is -0.140. The number of nitrogens with zero attached hydrogens (tertiary/aromatic N) is 2. The fraction of sp³-hybridized carbons (Fsp3) is 0.0769. The molecule has 1 aromatic carbocycles. The zero-order valence-electron chi connectivity index (χ0n) is 10.2. The van der Waals surface area contributed by atoms with Gasteiger partial charge in [-0.15, -0.1) is 11.3 Å². The maximum Gasteiger partial charge on any atom is 0.269 e. The Balaban J connectivity index is 2.00. The first-order valence-corrected chi connectivity index (χ1v) is 6.76. The van der Waals surface area contributed by atoms with Gasteiger partial charge in [0.05, 0.1) is 28.4 Å². The van der Waals surface area contributed by atoms with Crippen LogP contribution in [-0.4, -0.2) is 16.5 Å². The first-order valence-electron chi connectivity index (χ1n) is 5.82. The van der Waals surface area contributed by atoms with Gasteiger partial charge in [0.25, 0.3) is 5.69 Å². The molecule has 1 aliphatic heterocycles. The van der Waals surface area contributed by atoms with Gasteiger partial charge in [0.1, 0.15) is 0 Å². The van der Waals surface area contributed by atoms with Crippen molar-refractivity contribution in [1.29, 1.82) is 0 Å². The van der Waals surface area contributed by atoms with Crippen molar-refractivity contribution in [2.75, 3.05) is 5.32 Å². The summed E-state index contributed by atoms with van der Waals surface area (Å²) in [6, 6.07) is 6.05. The molecular formula is C13H9N3O3S. The Kier molecular flexibility index (Phi) is 3.03. The third-order valence-corrected chi connectivity index (χ3v) is 3.64. The second kappa shape index (κ2) is 4.86. The highest BCUT2D eigenvalue weighted by atomic mass is 32.1. The minimum atomic E-state index is -0.456. The van der Waals surface area contributed by atoms with Crippen molar-refractivity contribution >= 4 is 40.0 Å². The predicted molar refractivity (Wildman–Crippen MR) is 76.9 cm³/mol. The monoisotopic (exact) mass is 287 g/mol. The number of thiophene rings is 1. The molecule has 0 aliphatic carbocycles. The Morgan fingerprint density at radius 1 is 1.25 bits per heavy atom. The summed E-state index contributed by atoms with van der Waals surface area (Å²) >= 11 is 1.46. The third kappa shape index (κ3) is 2.30. The van der Waals surface area contributed by atoms with Gasteiger partial charge in [-0.1, -0.05) is 0 Å². The maximum absolute atomic E-state index is 11.8. The number of carbonyl (C=O) groups excluding carboxylic acids is 1. The van der Waals surface area contributed by atoms with Gasteiger partial charge >= 0.3 is 0 Å². The molecule has 7 heteroatoms. The van der Waals surface area contributed by atoms with E-state index in [0.29, 0.717) is 22.6 Å². The second-order valence-electron chi connectivity index (χ2n) is 4.26. The van der Waals surface area contributed by atoms with E-state index < -0.39 is 4.92 Å². The van der Waals surface area contributed by atoms with Crippen molar-refractivity contribution in [3.05, 3.63) is 50.7 Å². The van der Waals surface area contributed by atoms with Crippen LogP contribution in [0.1, 0.15) is 12.0 Å². The molecular weight excluding hydrogens is 278 g/mol. The molecule has 3 rings (SSSR count). The number of anilines is 1. The molecule has 1 amide bonds. The van der Waals surface area contributed by atoms with Gasteiger partial charge < -0.3 is 5.32 Å². The summed E-state index contributed by atoms with van der Waals surface area (Å²) in [7, 11) is 0. The lowest BCUT2D eigenvalue weighted by molar-refractivity contribution is -0.384. The fourth-order valence-electron chi connectivity index (χ4n) is 1.94. The van der Waals surface area contributed by atoms with Gasteiger partial charge in [0, 0.05) is 22.9 Å². The molecule has 0 unspecified atom stereocenters. The topological polar surface area (TPSA) is 84.6 Å². The number of rotatable bonds is 2. The molecule has 100 valence electrons. The standard InChI is InChI=1S/C13H9N3O3S/c17-13-5-10(14-11-6-20-7-12(11)15-13)8-1-3-9(4-2-8)16(18)19/h1-4,6-7H,5H2,(H,15,17). The Labute approximate surface area is 117 Å². The highest BCUT2D eigenvalue weighted by molar-refractivity contribution is 7.09. The van der Waals surface area contributed by atoms with E-state index in [9.17, 15) is 14.9 Å². The molecule has 1 aliphatic rings. The average molecular weight is 287 g/mol. The molecule has 0 saturated carbocycles. The zero-order valence-corrected chi connectivity index (χ0v) is 11.0. The lowest BCUT2D eigenvalue weighted by Crippen LogP contribution is -2.14. The van der Waals surface area contributed by atoms with E-state index in [1.54, 1.807) is 12.1 Å². The lowest BCUT2D eigenvalue weighted by atomic mass is 10.1. The molecule has 2 heterocycles. The van der Waals surface area contributed by atoms with E-state index in [2.05, 4.69) is 10.3 Å². The normalized spacial score (nSPS) is 14.0. The number of hydrogen-bond acceptors (Lipinski definition) is 5. The molecule has 0 atom stereocenters. The van der Waals surface area contributed by atoms with Gasteiger partial charge in [0.2, 0.25) is 5.91 Å². The summed E-state index contributed by atoms with van der Waals surface area (Å²) in [6.45, 7) is 0. The van der Waals surface area contributed by atoms with Gasteiger partial charge in [-0.3, -0.25) is 14.9 Å². The van der Waals surface area contributed by atoms with E-state index in [-0.39, 0.29) is 18.0 Å². The predicted octanol–water partition coefficient (Wildman–Crippen LogP) is 3.12. The van der Waals surface area contributed by atoms with E-state index in [1.807, 2.05) is 10.8 Å². The quantitative estimate of drug-likeness (QED) is 0.680. The van der Waals surface area contributed by atoms with Crippen molar-refractivity contribution in [1.82, 2.24) is 0 Å². The largest absolute Gasteiger partial charge is 0.323 e. The summed E-state index contributed by atoms with van der Waals surface area (Å²) in [5.41, 5.74) is 2.76. The highest BCUT2D eigenvalue weighted by Crippen LogP contribution is 2.32. The van der Waals surface area contributed by atoms with Crippen LogP contribution in [0, 0.1) is 10.1 Å². The maximum atomic E-state index is 11.8. The number of nitro benzene ring substituents is 1. The molecule has 2 aromatic rings. The smallest absolute Gasteiger partial charge is 0.269 e. The molecule has 0 spiro atoms. The molecule has 1 N–H and O–H groups in total. The summed E-state index contributed by atoms with van der Waals surface area (Å²) in [4.78, 5) is 26.5. The van der Waals surface area contributed by atoms with E-state index in [1.165, 1.54) is 23.5 Å². The molecule has 6 nitrogen and oxygen atoms in total. The Hall–Kier alpha value is -2.54. The number of benzene rings is 1. The van der Waals surface area contributed by atoms with E-state index in [0.717, 1.165) is 0 Å². The van der Waals surface area contributed by atoms with Gasteiger partial charge in [-0.2, -0.15) is 0 Å². The van der Waals surface area contributed by atoms with Gasteiger partial charge in [-0.25, -0.2) is 4.99 Å². The van der Waals surface area contributed by atoms with Crippen LogP contribution in [0.25, 0.3) is 0 Å². The van der Waals surface area contributed by atoms with Crippen LogP contribution in [0.4, 0.5) is 17.1 Å². The minimum Gasteiger partial charge on any atom is -0.323 e. The van der Waals surface area contributed by atoms with Gasteiger partial charge in [-0.05, 0) is 17.7 Å².